The van der Waals surface area contributed by atoms with Gasteiger partial charge in [-0.25, -0.2) is 4.99 Å². The Labute approximate surface area is 73.5 Å². The van der Waals surface area contributed by atoms with Gasteiger partial charge in [0.15, 0.2) is 0 Å². The maximum absolute atomic E-state index is 10.9. The molecule has 1 heterocycles. The molecule has 0 aromatic heterocycles. The van der Waals surface area contributed by atoms with Gasteiger partial charge in [-0.15, -0.1) is 0 Å². The number of hydrogen-bond donors (Lipinski definition) is 2. The van der Waals surface area contributed by atoms with Crippen LogP contribution in [0.3, 0.4) is 0 Å². The van der Waals surface area contributed by atoms with Gasteiger partial charge < -0.3 is 10.2 Å². The topological polar surface area (TPSA) is 69.9 Å². The summed E-state index contributed by atoms with van der Waals surface area (Å²) in [6, 6.07) is 2.68. The summed E-state index contributed by atoms with van der Waals surface area (Å²) in [6.07, 6.45) is 1.73. The molecule has 1 aliphatic rings. The summed E-state index contributed by atoms with van der Waals surface area (Å²) >= 11 is 0. The zero-order valence-corrected chi connectivity index (χ0v) is 6.69. The lowest BCUT2D eigenvalue weighted by atomic mass is 10.2. The van der Waals surface area contributed by atoms with Crippen molar-refractivity contribution in [1.29, 1.82) is 0 Å². The van der Waals surface area contributed by atoms with E-state index in [1.54, 1.807) is 6.08 Å². The van der Waals surface area contributed by atoms with Gasteiger partial charge in [0.05, 0.1) is 0 Å². The molecule has 0 atom stereocenters. The van der Waals surface area contributed by atoms with Crippen LogP contribution < -0.4 is 10.6 Å². The highest BCUT2D eigenvalue weighted by atomic mass is 16.3. The Kier molecular flexibility index (Phi) is 1.55. The number of aromatic hydroxyl groups is 2. The van der Waals surface area contributed by atoms with Crippen molar-refractivity contribution in [1.82, 2.24) is 0 Å². The van der Waals surface area contributed by atoms with Crippen LogP contribution in [-0.4, -0.2) is 16.1 Å². The lowest BCUT2D eigenvalue weighted by Gasteiger charge is -2.01. The molecule has 0 bridgehead atoms. The number of hydrogen-bond acceptors (Lipinski definition) is 3. The minimum atomic E-state index is -0.312. The van der Waals surface area contributed by atoms with E-state index in [0.717, 1.165) is 0 Å². The fraction of sp³-hybridized carbons (Fsp3) is 0.111. The van der Waals surface area contributed by atoms with Crippen LogP contribution >= 0.6 is 0 Å². The lowest BCUT2D eigenvalue weighted by Crippen LogP contribution is -2.29. The van der Waals surface area contributed by atoms with Crippen LogP contribution in [0, 0.1) is 0 Å². The fourth-order valence-electron chi connectivity index (χ4n) is 1.26. The Balaban J connectivity index is 2.93. The fourth-order valence-corrected chi connectivity index (χ4v) is 1.26. The third-order valence-corrected chi connectivity index (χ3v) is 1.89. The molecule has 0 spiro atoms. The third kappa shape index (κ3) is 1.16. The molecule has 0 fully saturated rings. The summed E-state index contributed by atoms with van der Waals surface area (Å²) in [4.78, 5) is 14.5. The molecule has 66 valence electrons. The van der Waals surface area contributed by atoms with Crippen molar-refractivity contribution in [3.05, 3.63) is 22.7 Å². The molecular weight excluding hydrogens is 170 g/mol. The third-order valence-electron chi connectivity index (χ3n) is 1.89. The standard InChI is InChI=1S/C9H7NO3/c11-6-2-3-7(12)9-5(6)1-4-8(13)10-9/h1-3,11-12H,4H2. The number of nitrogens with zero attached hydrogens (tertiary/aromatic N) is 1. The second kappa shape index (κ2) is 2.58. The average molecular weight is 177 g/mol. The highest BCUT2D eigenvalue weighted by Gasteiger charge is 2.08. The van der Waals surface area contributed by atoms with Crippen molar-refractivity contribution < 1.29 is 15.0 Å². The van der Waals surface area contributed by atoms with Crippen molar-refractivity contribution in [2.45, 2.75) is 6.42 Å². The van der Waals surface area contributed by atoms with Crippen molar-refractivity contribution in [2.75, 3.05) is 0 Å². The molecule has 0 aliphatic carbocycles. The minimum absolute atomic E-state index is 0.0315. The Morgan fingerprint density at radius 2 is 1.92 bits per heavy atom. The second-order valence-electron chi connectivity index (χ2n) is 2.78. The maximum atomic E-state index is 10.9. The molecule has 1 aromatic rings. The smallest absolute Gasteiger partial charge is 0.250 e. The lowest BCUT2D eigenvalue weighted by molar-refractivity contribution is -0.117. The van der Waals surface area contributed by atoms with Crippen LogP contribution in [0.1, 0.15) is 6.42 Å². The molecule has 2 rings (SSSR count). The van der Waals surface area contributed by atoms with Crippen LogP contribution in [0.5, 0.6) is 11.5 Å². The maximum Gasteiger partial charge on any atom is 0.250 e. The molecule has 2 N–H and O–H groups in total. The summed E-state index contributed by atoms with van der Waals surface area (Å²) in [5, 5.41) is 19.3. The summed E-state index contributed by atoms with van der Waals surface area (Å²) in [5.41, 5.74) is 0. The largest absolute Gasteiger partial charge is 0.507 e. The Bertz CT molecular complexity index is 490. The highest BCUT2D eigenvalue weighted by molar-refractivity contribution is 5.83. The van der Waals surface area contributed by atoms with Crippen molar-refractivity contribution in [3.63, 3.8) is 0 Å². The van der Waals surface area contributed by atoms with E-state index in [2.05, 4.69) is 4.99 Å². The van der Waals surface area contributed by atoms with E-state index in [9.17, 15) is 15.0 Å². The summed E-state index contributed by atoms with van der Waals surface area (Å²) in [7, 11) is 0. The van der Waals surface area contributed by atoms with Crippen LogP contribution in [0.25, 0.3) is 6.08 Å². The van der Waals surface area contributed by atoms with Crippen molar-refractivity contribution in [2.24, 2.45) is 4.99 Å². The van der Waals surface area contributed by atoms with Crippen LogP contribution in [0.15, 0.2) is 17.1 Å². The van der Waals surface area contributed by atoms with Gasteiger partial charge in [-0.05, 0) is 12.1 Å². The Morgan fingerprint density at radius 1 is 1.23 bits per heavy atom. The first kappa shape index (κ1) is 7.79. The predicted octanol–water partition coefficient (Wildman–Crippen LogP) is -0.572. The minimum Gasteiger partial charge on any atom is -0.507 e. The number of fused-ring (bicyclic) bond motifs is 1. The Morgan fingerprint density at radius 3 is 2.69 bits per heavy atom. The molecule has 1 aromatic carbocycles. The molecule has 0 radical (unpaired) electrons. The monoisotopic (exact) mass is 177 g/mol. The summed E-state index contributed by atoms with van der Waals surface area (Å²) < 4.78 is 0. The van der Waals surface area contributed by atoms with Gasteiger partial charge >= 0.3 is 0 Å². The predicted molar refractivity (Wildman–Crippen MR) is 44.6 cm³/mol. The number of carbonyl (C=O) groups excluding carboxylic acids is 1. The quantitative estimate of drug-likeness (QED) is 0.521. The van der Waals surface area contributed by atoms with E-state index in [4.69, 9.17) is 0 Å². The van der Waals surface area contributed by atoms with Crippen LogP contribution in [0.4, 0.5) is 0 Å². The van der Waals surface area contributed by atoms with E-state index in [-0.39, 0.29) is 29.2 Å². The second-order valence-corrected chi connectivity index (χ2v) is 2.78. The first-order valence-electron chi connectivity index (χ1n) is 3.81. The zero-order chi connectivity index (χ0) is 9.42. The van der Waals surface area contributed by atoms with Gasteiger partial charge in [-0.1, -0.05) is 6.08 Å². The number of amides is 1. The highest BCUT2D eigenvalue weighted by Crippen LogP contribution is 2.06. The SMILES string of the molecule is O=C1CC=c2c(O)ccc(O)c2=N1. The summed E-state index contributed by atoms with van der Waals surface area (Å²) in [6.45, 7) is 0. The zero-order valence-electron chi connectivity index (χ0n) is 6.69. The van der Waals surface area contributed by atoms with Gasteiger partial charge in [-0.2, -0.15) is 0 Å². The van der Waals surface area contributed by atoms with E-state index in [1.807, 2.05) is 0 Å². The number of carbonyl (C=O) groups is 1. The van der Waals surface area contributed by atoms with Gasteiger partial charge in [0.2, 0.25) is 5.91 Å². The molecule has 4 heteroatoms. The van der Waals surface area contributed by atoms with Crippen LogP contribution in [-0.2, 0) is 4.79 Å². The Hall–Kier alpha value is -1.84. The molecular formula is C9H7NO3. The molecule has 1 aliphatic heterocycles. The molecule has 0 saturated heterocycles. The number of phenolic OH excluding ortho intramolecular Hbond substituents is 2. The van der Waals surface area contributed by atoms with Crippen LogP contribution in [0.2, 0.25) is 0 Å². The molecule has 1 amide bonds. The van der Waals surface area contributed by atoms with Crippen molar-refractivity contribution >= 4 is 12.0 Å². The van der Waals surface area contributed by atoms with E-state index in [1.165, 1.54) is 12.1 Å². The number of benzene rings is 1. The van der Waals surface area contributed by atoms with Gasteiger partial charge in [0.25, 0.3) is 0 Å². The van der Waals surface area contributed by atoms with Gasteiger partial charge in [-0.3, -0.25) is 4.79 Å². The number of rotatable bonds is 0. The van der Waals surface area contributed by atoms with E-state index < -0.39 is 0 Å². The van der Waals surface area contributed by atoms with E-state index in [0.29, 0.717) is 5.22 Å². The molecule has 4 nitrogen and oxygen atoms in total. The van der Waals surface area contributed by atoms with Gasteiger partial charge in [0.1, 0.15) is 16.9 Å². The van der Waals surface area contributed by atoms with E-state index >= 15 is 0 Å². The first-order valence-corrected chi connectivity index (χ1v) is 3.81. The normalized spacial score (nSPS) is 14.3. The molecule has 13 heavy (non-hydrogen) atoms. The summed E-state index contributed by atoms with van der Waals surface area (Å²) in [5.74, 6) is -0.366. The van der Waals surface area contributed by atoms with Gasteiger partial charge in [0, 0.05) is 11.6 Å². The molecule has 0 saturated carbocycles. The van der Waals surface area contributed by atoms with Crippen molar-refractivity contribution in [3.8, 4) is 11.5 Å². The average Bonchev–Trinajstić information content (AvgIpc) is 2.12. The first-order chi connectivity index (χ1) is 6.18. The number of phenols is 2. The molecule has 0 unspecified atom stereocenters.